The van der Waals surface area contributed by atoms with E-state index >= 15 is 0 Å². The Kier molecular flexibility index (Phi) is 28.8. The van der Waals surface area contributed by atoms with Gasteiger partial charge in [-0.3, -0.25) is 38.9 Å². The summed E-state index contributed by atoms with van der Waals surface area (Å²) >= 11 is 9.38. The number of oxazole rings is 3. The highest BCUT2D eigenvalue weighted by Gasteiger charge is 2.29. The summed E-state index contributed by atoms with van der Waals surface area (Å²) < 4.78 is 20.6. The third-order valence-corrected chi connectivity index (χ3v) is 23.1. The second-order valence-corrected chi connectivity index (χ2v) is 35.6. The van der Waals surface area contributed by atoms with Crippen LogP contribution in [0.3, 0.4) is 0 Å². The molecule has 10 aromatic rings. The van der Waals surface area contributed by atoms with Crippen molar-refractivity contribution in [3.63, 3.8) is 0 Å². The first kappa shape index (κ1) is 83.0. The van der Waals surface area contributed by atoms with Gasteiger partial charge in [0.2, 0.25) is 35.4 Å². The Bertz CT molecular complexity index is 4910. The quantitative estimate of drug-likeness (QED) is 0.0206. The van der Waals surface area contributed by atoms with Gasteiger partial charge in [0.1, 0.15) is 17.3 Å². The number of carbonyl (C=O) groups excluding carboxylic acids is 7. The lowest BCUT2D eigenvalue weighted by Crippen LogP contribution is -2.45. The van der Waals surface area contributed by atoms with E-state index in [1.165, 1.54) is 41.3 Å². The van der Waals surface area contributed by atoms with Crippen LogP contribution in [0.1, 0.15) is 164 Å². The molecule has 12 rings (SSSR count). The summed E-state index contributed by atoms with van der Waals surface area (Å²) in [5, 5.41) is 22.8. The fourth-order valence-corrected chi connectivity index (χ4v) is 16.2. The molecule has 7 N–H and O–H groups in total. The van der Waals surface area contributed by atoms with E-state index in [9.17, 15) is 33.6 Å². The number of piperidine rings is 2. The van der Waals surface area contributed by atoms with Crippen molar-refractivity contribution in [1.82, 2.24) is 39.7 Å². The highest BCUT2D eigenvalue weighted by molar-refractivity contribution is 8.01. The van der Waals surface area contributed by atoms with Crippen LogP contribution in [0.2, 0.25) is 0 Å². The summed E-state index contributed by atoms with van der Waals surface area (Å²) in [6.45, 7) is 31.8. The first-order valence-corrected chi connectivity index (χ1v) is 41.0. The Morgan fingerprint density at radius 2 is 0.793 bits per heavy atom. The number of anilines is 7. The number of likely N-dealkylation sites (tertiary alicyclic amines) is 2. The maximum absolute atomic E-state index is 13.1. The number of hydrogen-bond acceptors (Lipinski definition) is 24. The zero-order valence-corrected chi connectivity index (χ0v) is 68.0. The second kappa shape index (κ2) is 38.5. The average molecular weight is 1610 g/mol. The first-order chi connectivity index (χ1) is 53.0. The molecule has 0 radical (unpaired) electrons. The molecular formula is C80H89N15O10S6. The van der Waals surface area contributed by atoms with Crippen LogP contribution in [0, 0.1) is 0 Å². The molecule has 2 aliphatic heterocycles. The van der Waals surface area contributed by atoms with Crippen LogP contribution < -0.4 is 37.2 Å². The minimum absolute atomic E-state index is 0.0148. The molecule has 0 spiro atoms. The second-order valence-electron chi connectivity index (χ2n) is 28.7. The molecule has 0 bridgehead atoms. The van der Waals surface area contributed by atoms with Gasteiger partial charge in [0.25, 0.3) is 23.6 Å². The fourth-order valence-electron chi connectivity index (χ4n) is 10.8. The van der Waals surface area contributed by atoms with Crippen LogP contribution in [0.5, 0.6) is 0 Å². The van der Waals surface area contributed by atoms with Crippen LogP contribution in [-0.2, 0) is 47.9 Å². The number of carbonyl (C=O) groups is 7. The molecule has 2 unspecified atom stereocenters. The van der Waals surface area contributed by atoms with Gasteiger partial charge in [-0.1, -0.05) is 128 Å². The summed E-state index contributed by atoms with van der Waals surface area (Å²) in [6, 6.07) is 27.2. The lowest BCUT2D eigenvalue weighted by Gasteiger charge is -2.33. The van der Waals surface area contributed by atoms with E-state index in [4.69, 9.17) is 13.3 Å². The van der Waals surface area contributed by atoms with E-state index in [1.807, 2.05) is 22.2 Å². The Labute approximate surface area is 669 Å². The fraction of sp³-hybridized carbons (Fsp3) is 0.312. The van der Waals surface area contributed by atoms with Crippen LogP contribution >= 0.6 is 69.3 Å². The Balaban J connectivity index is 0.000000177. The van der Waals surface area contributed by atoms with Crippen molar-refractivity contribution in [2.75, 3.05) is 63.4 Å². The van der Waals surface area contributed by atoms with Gasteiger partial charge >= 0.3 is 0 Å². The van der Waals surface area contributed by atoms with Crippen LogP contribution in [0.25, 0.3) is 0 Å². The van der Waals surface area contributed by atoms with Crippen molar-refractivity contribution in [2.45, 2.75) is 146 Å². The van der Waals surface area contributed by atoms with E-state index in [2.05, 4.69) is 149 Å². The number of thiazole rings is 3. The zero-order valence-electron chi connectivity index (χ0n) is 63.1. The van der Waals surface area contributed by atoms with Gasteiger partial charge in [-0.15, -0.1) is 35.3 Å². The molecule has 0 aliphatic carbocycles. The molecule has 4 aromatic carbocycles. The lowest BCUT2D eigenvalue weighted by molar-refractivity contribution is -0.112. The normalized spacial score (nSPS) is 14.2. The predicted octanol–water partition coefficient (Wildman–Crippen LogP) is 17.5. The van der Waals surface area contributed by atoms with Crippen molar-refractivity contribution in [1.29, 1.82) is 0 Å². The maximum atomic E-state index is 13.1. The number of hydrogen-bond donors (Lipinski definition) is 7. The lowest BCUT2D eigenvalue weighted by atomic mass is 9.94. The van der Waals surface area contributed by atoms with Crippen molar-refractivity contribution in [3.8, 4) is 0 Å². The van der Waals surface area contributed by atoms with Crippen molar-refractivity contribution in [2.24, 2.45) is 0 Å². The van der Waals surface area contributed by atoms with Crippen molar-refractivity contribution < 1.29 is 46.8 Å². The monoisotopic (exact) mass is 1610 g/mol. The standard InChI is InChI=1S/C28H27N5O4S2.2C26H31N5O3S2/c1-5-22(34)31-19-11-9-17(10-12-19)25(35)32-20-8-6-7-18(13-20)26(36)33-27-30-15-24(39-27)38-16-23-29-14-21(37-23)28(2,3)4;1-5-21(32)29-18-9-6-8-17(12-18)24(33)31-11-7-10-19(15-31)30-25-28-14-23(36-25)35-16-22-27-13-20(34-22)26(2,3)4;1-5-21(32)29-18-10-8-17(9-11-18)24(33)31-12-6-7-19(15-31)30-25-28-14-23(36-25)35-16-22-27-13-20(34-22)26(2,3)4/h5-15H,1,16H2,2-4H3,(H,31,34)(H,32,35)(H,30,33,36);5-6,8-9,12-14,19H,1,7,10-11,15-16H2,2-4H3,(H,28,30)(H,29,32);5,8-11,13-14,19H,1,6-7,12,15-16H2,2-4H3,(H,28,30)(H,29,32). The molecule has 31 heteroatoms. The molecule has 2 saturated heterocycles. The van der Waals surface area contributed by atoms with Crippen LogP contribution in [0.4, 0.5) is 38.1 Å². The third-order valence-electron chi connectivity index (χ3n) is 16.8. The van der Waals surface area contributed by atoms with Crippen LogP contribution in [0.15, 0.2) is 198 Å². The van der Waals surface area contributed by atoms with Crippen molar-refractivity contribution >= 4 is 149 Å². The van der Waals surface area contributed by atoms with Crippen LogP contribution in [-0.4, -0.2) is 119 Å². The number of rotatable bonds is 25. The number of nitrogens with zero attached hydrogens (tertiary/aromatic N) is 8. The Hall–Kier alpha value is -10.4. The number of aromatic nitrogens is 6. The highest BCUT2D eigenvalue weighted by Crippen LogP contribution is 2.37. The molecule has 7 amide bonds. The maximum Gasteiger partial charge on any atom is 0.257 e. The molecule has 2 fully saturated rings. The van der Waals surface area contributed by atoms with Crippen molar-refractivity contribution in [3.05, 3.63) is 229 Å². The molecule has 580 valence electrons. The number of benzene rings is 4. The minimum Gasteiger partial charge on any atom is -0.444 e. The molecule has 25 nitrogen and oxygen atoms in total. The van der Waals surface area contributed by atoms with Gasteiger partial charge in [0.05, 0.1) is 67.1 Å². The summed E-state index contributed by atoms with van der Waals surface area (Å²) in [5.74, 6) is 4.83. The van der Waals surface area contributed by atoms with E-state index in [0.29, 0.717) is 105 Å². The summed E-state index contributed by atoms with van der Waals surface area (Å²) in [7, 11) is 0. The molecule has 8 heterocycles. The molecule has 6 aromatic heterocycles. The molecule has 111 heavy (non-hydrogen) atoms. The summed E-state index contributed by atoms with van der Waals surface area (Å²) in [6.07, 6.45) is 18.1. The van der Waals surface area contributed by atoms with Gasteiger partial charge < -0.3 is 55.0 Å². The molecular weight excluding hydrogens is 1520 g/mol. The molecule has 2 aliphatic rings. The Morgan fingerprint density at radius 3 is 1.21 bits per heavy atom. The number of nitrogens with one attached hydrogen (secondary N) is 7. The smallest absolute Gasteiger partial charge is 0.257 e. The largest absolute Gasteiger partial charge is 0.444 e. The number of amides is 7. The summed E-state index contributed by atoms with van der Waals surface area (Å²) in [5.41, 5.74) is 3.91. The van der Waals surface area contributed by atoms with Gasteiger partial charge in [-0.05, 0) is 129 Å². The summed E-state index contributed by atoms with van der Waals surface area (Å²) in [4.78, 5) is 116. The molecule has 2 atom stereocenters. The van der Waals surface area contributed by atoms with Gasteiger partial charge in [0, 0.05) is 99.5 Å². The van der Waals surface area contributed by atoms with Gasteiger partial charge in [-0.2, -0.15) is 0 Å². The Morgan fingerprint density at radius 1 is 0.432 bits per heavy atom. The minimum atomic E-state index is -0.351. The topological polar surface area (TPSA) is 327 Å². The highest BCUT2D eigenvalue weighted by atomic mass is 32.2. The van der Waals surface area contributed by atoms with Gasteiger partial charge in [0.15, 0.2) is 15.4 Å². The average Bonchev–Trinajstić information content (AvgIpc) is 1.46. The van der Waals surface area contributed by atoms with E-state index < -0.39 is 0 Å². The van der Waals surface area contributed by atoms with E-state index in [-0.39, 0.29) is 69.7 Å². The first-order valence-electron chi connectivity index (χ1n) is 35.6. The third kappa shape index (κ3) is 25.0. The SMILES string of the molecule is C=CC(=O)Nc1ccc(C(=O)N2CCCC(Nc3ncc(SCc4ncc(C(C)(C)C)o4)s3)C2)cc1.C=CC(=O)Nc1ccc(C(=O)Nc2cccc(C(=O)Nc3ncc(SCc4ncc(C(C)(C)C)o4)s3)c2)cc1.C=CC(=O)Nc1cccc(C(=O)N2CCCC(Nc3ncc(SCc4ncc(C(C)(C)C)o4)s3)C2)c1. The molecule has 0 saturated carbocycles. The zero-order chi connectivity index (χ0) is 79.4. The predicted molar refractivity (Wildman–Crippen MR) is 444 cm³/mol. The van der Waals surface area contributed by atoms with E-state index in [0.717, 1.165) is 72.4 Å². The number of thioether (sulfide) groups is 3. The van der Waals surface area contributed by atoms with E-state index in [1.54, 1.807) is 168 Å². The van der Waals surface area contributed by atoms with Gasteiger partial charge in [-0.25, -0.2) is 29.9 Å².